The van der Waals surface area contributed by atoms with Crippen LogP contribution in [0.15, 0.2) is 12.3 Å². The quantitative estimate of drug-likeness (QED) is 0.869. The molecule has 2 rings (SSSR count). The monoisotopic (exact) mass is 277 g/mol. The largest absolute Gasteiger partial charge is 0.316 e. The summed E-state index contributed by atoms with van der Waals surface area (Å²) in [6.45, 7) is 8.27. The molecule has 0 saturated carbocycles. The average Bonchev–Trinajstić information content (AvgIpc) is 2.89. The number of nitrogens with one attached hydrogen (secondary N) is 1. The molecule has 1 unspecified atom stereocenters. The minimum Gasteiger partial charge on any atom is -0.316 e. The van der Waals surface area contributed by atoms with Gasteiger partial charge in [0.15, 0.2) is 0 Å². The third-order valence-electron chi connectivity index (χ3n) is 4.59. The van der Waals surface area contributed by atoms with Crippen LogP contribution in [-0.4, -0.2) is 28.7 Å². The van der Waals surface area contributed by atoms with Gasteiger partial charge in [0.05, 0.1) is 18.2 Å². The molecular formula is C16H27N3O. The first kappa shape index (κ1) is 15.2. The SMILES string of the molecule is CCC(CC)n1ccc(CC(=O)C2(C)CCCNC2)n1. The molecule has 0 spiro atoms. The first-order valence-electron chi connectivity index (χ1n) is 7.87. The van der Waals surface area contributed by atoms with Gasteiger partial charge in [-0.2, -0.15) is 5.10 Å². The molecule has 1 aliphatic heterocycles. The summed E-state index contributed by atoms with van der Waals surface area (Å²) in [6, 6.07) is 2.45. The van der Waals surface area contributed by atoms with Crippen LogP contribution in [0.4, 0.5) is 0 Å². The Morgan fingerprint density at radius 2 is 2.25 bits per heavy atom. The Balaban J connectivity index is 2.01. The van der Waals surface area contributed by atoms with E-state index in [4.69, 9.17) is 0 Å². The molecule has 2 heterocycles. The molecule has 0 bridgehead atoms. The number of carbonyl (C=O) groups excluding carboxylic acids is 1. The smallest absolute Gasteiger partial charge is 0.146 e. The van der Waals surface area contributed by atoms with Crippen molar-refractivity contribution < 1.29 is 4.79 Å². The molecular weight excluding hydrogens is 250 g/mol. The van der Waals surface area contributed by atoms with Gasteiger partial charge in [-0.25, -0.2) is 0 Å². The van der Waals surface area contributed by atoms with E-state index in [9.17, 15) is 4.79 Å². The van der Waals surface area contributed by atoms with Crippen LogP contribution >= 0.6 is 0 Å². The number of piperidine rings is 1. The van der Waals surface area contributed by atoms with E-state index in [0.29, 0.717) is 18.2 Å². The normalized spacial score (nSPS) is 23.2. The van der Waals surface area contributed by atoms with E-state index in [2.05, 4.69) is 31.2 Å². The minimum absolute atomic E-state index is 0.211. The summed E-state index contributed by atoms with van der Waals surface area (Å²) in [5.74, 6) is 0.319. The maximum Gasteiger partial charge on any atom is 0.146 e. The van der Waals surface area contributed by atoms with E-state index in [0.717, 1.165) is 44.5 Å². The fraction of sp³-hybridized carbons (Fsp3) is 0.750. The summed E-state index contributed by atoms with van der Waals surface area (Å²) < 4.78 is 2.02. The van der Waals surface area contributed by atoms with Crippen molar-refractivity contribution in [2.75, 3.05) is 13.1 Å². The number of nitrogens with zero attached hydrogens (tertiary/aromatic N) is 2. The van der Waals surface area contributed by atoms with Crippen LogP contribution in [-0.2, 0) is 11.2 Å². The van der Waals surface area contributed by atoms with Crippen molar-refractivity contribution in [3.8, 4) is 0 Å². The zero-order valence-corrected chi connectivity index (χ0v) is 13.0. The van der Waals surface area contributed by atoms with Crippen molar-refractivity contribution >= 4 is 5.78 Å². The van der Waals surface area contributed by atoms with Gasteiger partial charge < -0.3 is 5.32 Å². The molecule has 20 heavy (non-hydrogen) atoms. The lowest BCUT2D eigenvalue weighted by molar-refractivity contribution is -0.128. The first-order chi connectivity index (χ1) is 9.59. The summed E-state index contributed by atoms with van der Waals surface area (Å²) in [6.07, 6.45) is 6.71. The van der Waals surface area contributed by atoms with Crippen molar-refractivity contribution in [1.82, 2.24) is 15.1 Å². The second-order valence-corrected chi connectivity index (χ2v) is 6.20. The molecule has 1 atom stereocenters. The second kappa shape index (κ2) is 6.53. The molecule has 1 aromatic rings. The predicted octanol–water partition coefficient (Wildman–Crippen LogP) is 2.75. The molecule has 1 fully saturated rings. The number of rotatable bonds is 6. The summed E-state index contributed by atoms with van der Waals surface area (Å²) >= 11 is 0. The molecule has 1 N–H and O–H groups in total. The van der Waals surface area contributed by atoms with E-state index in [1.165, 1.54) is 0 Å². The van der Waals surface area contributed by atoms with Gasteiger partial charge in [0.25, 0.3) is 0 Å². The molecule has 1 aliphatic rings. The summed E-state index contributed by atoms with van der Waals surface area (Å²) in [7, 11) is 0. The van der Waals surface area contributed by atoms with Crippen LogP contribution in [0.1, 0.15) is 58.2 Å². The van der Waals surface area contributed by atoms with Crippen molar-refractivity contribution in [3.63, 3.8) is 0 Å². The second-order valence-electron chi connectivity index (χ2n) is 6.20. The molecule has 4 nitrogen and oxygen atoms in total. The van der Waals surface area contributed by atoms with Gasteiger partial charge in [-0.05, 0) is 38.3 Å². The zero-order valence-electron chi connectivity index (χ0n) is 13.0. The molecule has 4 heteroatoms. The molecule has 0 radical (unpaired) electrons. The van der Waals surface area contributed by atoms with Gasteiger partial charge in [-0.3, -0.25) is 9.48 Å². The average molecular weight is 277 g/mol. The lowest BCUT2D eigenvalue weighted by Crippen LogP contribution is -2.44. The van der Waals surface area contributed by atoms with Crippen molar-refractivity contribution in [2.24, 2.45) is 5.41 Å². The van der Waals surface area contributed by atoms with Gasteiger partial charge in [-0.15, -0.1) is 0 Å². The maximum atomic E-state index is 12.5. The number of hydrogen-bond donors (Lipinski definition) is 1. The first-order valence-corrected chi connectivity index (χ1v) is 7.87. The highest BCUT2D eigenvalue weighted by molar-refractivity contribution is 5.86. The van der Waals surface area contributed by atoms with Gasteiger partial charge >= 0.3 is 0 Å². The van der Waals surface area contributed by atoms with Crippen LogP contribution in [0.5, 0.6) is 0 Å². The van der Waals surface area contributed by atoms with Crippen molar-refractivity contribution in [3.05, 3.63) is 18.0 Å². The summed E-state index contributed by atoms with van der Waals surface area (Å²) in [5, 5.41) is 7.93. The fourth-order valence-electron chi connectivity index (χ4n) is 3.01. The van der Waals surface area contributed by atoms with E-state index in [1.807, 2.05) is 16.9 Å². The van der Waals surface area contributed by atoms with Gasteiger partial charge in [0, 0.05) is 18.2 Å². The topological polar surface area (TPSA) is 46.9 Å². The standard InChI is InChI=1S/C16H27N3O/c1-4-14(5-2)19-10-7-13(18-19)11-15(20)16(3)8-6-9-17-12-16/h7,10,14,17H,4-6,8-9,11-12H2,1-3H3. The summed E-state index contributed by atoms with van der Waals surface area (Å²) in [5.41, 5.74) is 0.699. The number of carbonyl (C=O) groups is 1. The number of ketones is 1. The highest BCUT2D eigenvalue weighted by atomic mass is 16.1. The maximum absolute atomic E-state index is 12.5. The van der Waals surface area contributed by atoms with Crippen LogP contribution in [0.3, 0.4) is 0 Å². The highest BCUT2D eigenvalue weighted by Crippen LogP contribution is 2.28. The Hall–Kier alpha value is -1.16. The molecule has 1 saturated heterocycles. The van der Waals surface area contributed by atoms with Gasteiger partial charge in [0.1, 0.15) is 5.78 Å². The van der Waals surface area contributed by atoms with Crippen LogP contribution < -0.4 is 5.32 Å². The molecule has 0 aromatic carbocycles. The Bertz CT molecular complexity index is 442. The number of Topliss-reactive ketones (excluding diaryl/α,β-unsaturated/α-hetero) is 1. The Labute approximate surface area is 121 Å². The van der Waals surface area contributed by atoms with E-state index >= 15 is 0 Å². The molecule has 0 amide bonds. The van der Waals surface area contributed by atoms with Crippen LogP contribution in [0.2, 0.25) is 0 Å². The number of hydrogen-bond acceptors (Lipinski definition) is 3. The van der Waals surface area contributed by atoms with Crippen LogP contribution in [0, 0.1) is 5.41 Å². The Morgan fingerprint density at radius 3 is 2.85 bits per heavy atom. The summed E-state index contributed by atoms with van der Waals surface area (Å²) in [4.78, 5) is 12.5. The number of aromatic nitrogens is 2. The third-order valence-corrected chi connectivity index (χ3v) is 4.59. The predicted molar refractivity (Wildman–Crippen MR) is 80.8 cm³/mol. The lowest BCUT2D eigenvalue weighted by atomic mass is 9.77. The molecule has 112 valence electrons. The third kappa shape index (κ3) is 3.29. The fourth-order valence-corrected chi connectivity index (χ4v) is 3.01. The van der Waals surface area contributed by atoms with E-state index in [1.54, 1.807) is 0 Å². The van der Waals surface area contributed by atoms with Crippen LogP contribution in [0.25, 0.3) is 0 Å². The minimum atomic E-state index is -0.211. The van der Waals surface area contributed by atoms with E-state index in [-0.39, 0.29) is 5.41 Å². The molecule has 0 aliphatic carbocycles. The lowest BCUT2D eigenvalue weighted by Gasteiger charge is -2.32. The van der Waals surface area contributed by atoms with Gasteiger partial charge in [-0.1, -0.05) is 20.8 Å². The van der Waals surface area contributed by atoms with E-state index < -0.39 is 0 Å². The van der Waals surface area contributed by atoms with Gasteiger partial charge in [0.2, 0.25) is 0 Å². The highest BCUT2D eigenvalue weighted by Gasteiger charge is 2.34. The Morgan fingerprint density at radius 1 is 1.50 bits per heavy atom. The Kier molecular flexibility index (Phi) is 4.97. The van der Waals surface area contributed by atoms with Crippen molar-refractivity contribution in [2.45, 2.75) is 58.9 Å². The zero-order chi connectivity index (χ0) is 14.6. The molecule has 1 aromatic heterocycles. The van der Waals surface area contributed by atoms with Crippen molar-refractivity contribution in [1.29, 1.82) is 0 Å².